The van der Waals surface area contributed by atoms with Gasteiger partial charge in [-0.15, -0.1) is 0 Å². The molecule has 0 N–H and O–H groups in total. The molecule has 3 heteroatoms. The summed E-state index contributed by atoms with van der Waals surface area (Å²) < 4.78 is 13.8. The predicted octanol–water partition coefficient (Wildman–Crippen LogP) is 18.1. The first-order valence-corrected chi connectivity index (χ1v) is 23.9. The Bertz CT molecular complexity index is 3610. The molecule has 0 saturated carbocycles. The van der Waals surface area contributed by atoms with Crippen molar-refractivity contribution in [3.63, 3.8) is 0 Å². The van der Waals surface area contributed by atoms with Crippen LogP contribution >= 0.6 is 0 Å². The normalized spacial score (nSPS) is 12.6. The molecule has 1 aliphatic carbocycles. The lowest BCUT2D eigenvalue weighted by atomic mass is 9.67. The molecule has 0 aromatic heterocycles. The number of hydrogen-bond acceptors (Lipinski definition) is 3. The van der Waals surface area contributed by atoms with E-state index in [1.165, 1.54) is 27.8 Å². The molecular weight excluding hydrogens is 851 g/mol. The molecule has 11 aromatic rings. The van der Waals surface area contributed by atoms with Crippen LogP contribution in [0.2, 0.25) is 0 Å². The highest BCUT2D eigenvalue weighted by Crippen LogP contribution is 2.60. The number of nitrogens with zero attached hydrogens (tertiary/aromatic N) is 1. The van der Waals surface area contributed by atoms with E-state index in [1.54, 1.807) is 0 Å². The van der Waals surface area contributed by atoms with Gasteiger partial charge in [0, 0.05) is 16.9 Å². The van der Waals surface area contributed by atoms with E-state index in [-0.39, 0.29) is 0 Å². The van der Waals surface area contributed by atoms with Gasteiger partial charge in [0.15, 0.2) is 23.0 Å². The molecule has 1 aliphatic heterocycles. The van der Waals surface area contributed by atoms with Crippen LogP contribution in [0, 0.1) is 0 Å². The lowest BCUT2D eigenvalue weighted by molar-refractivity contribution is 0.359. The summed E-state index contributed by atoms with van der Waals surface area (Å²) in [5.74, 6) is 2.75. The van der Waals surface area contributed by atoms with Gasteiger partial charge in [-0.2, -0.15) is 0 Å². The first-order valence-electron chi connectivity index (χ1n) is 23.9. The van der Waals surface area contributed by atoms with Crippen LogP contribution in [0.1, 0.15) is 22.3 Å². The van der Waals surface area contributed by atoms with Crippen molar-refractivity contribution in [3.8, 4) is 78.6 Å². The Morgan fingerprint density at radius 1 is 0.257 bits per heavy atom. The van der Waals surface area contributed by atoms with Crippen molar-refractivity contribution in [2.75, 3.05) is 4.90 Å². The van der Waals surface area contributed by atoms with Crippen LogP contribution in [0.4, 0.5) is 17.1 Å². The summed E-state index contributed by atoms with van der Waals surface area (Å²) in [7, 11) is 0. The van der Waals surface area contributed by atoms with E-state index in [2.05, 4.69) is 272 Å². The Hall–Kier alpha value is -9.18. The minimum atomic E-state index is -0.555. The molecule has 0 atom stereocenters. The van der Waals surface area contributed by atoms with Gasteiger partial charge >= 0.3 is 0 Å². The Balaban J connectivity index is 0.927. The fraction of sp³-hybridized carbons (Fsp3) is 0.0149. The lowest BCUT2D eigenvalue weighted by Gasteiger charge is -2.34. The molecule has 0 unspecified atom stereocenters. The van der Waals surface area contributed by atoms with E-state index in [0.29, 0.717) is 23.0 Å². The second-order valence-corrected chi connectivity index (χ2v) is 18.0. The Kier molecular flexibility index (Phi) is 10.1. The van der Waals surface area contributed by atoms with E-state index in [0.717, 1.165) is 67.1 Å². The average Bonchev–Trinajstić information content (AvgIpc) is 3.72. The maximum absolute atomic E-state index is 7.01. The summed E-state index contributed by atoms with van der Waals surface area (Å²) in [6.45, 7) is 0. The van der Waals surface area contributed by atoms with Crippen molar-refractivity contribution in [1.29, 1.82) is 0 Å². The summed E-state index contributed by atoms with van der Waals surface area (Å²) >= 11 is 0. The molecule has 0 radical (unpaired) electrons. The summed E-state index contributed by atoms with van der Waals surface area (Å²) in [6.07, 6.45) is 0. The smallest absolute Gasteiger partial charge is 0.170 e. The fourth-order valence-electron chi connectivity index (χ4n) is 10.9. The second-order valence-electron chi connectivity index (χ2n) is 18.0. The Labute approximate surface area is 408 Å². The quantitative estimate of drug-likeness (QED) is 0.144. The summed E-state index contributed by atoms with van der Waals surface area (Å²) in [6, 6.07) is 97.6. The lowest BCUT2D eigenvalue weighted by Crippen LogP contribution is -2.28. The highest BCUT2D eigenvalue weighted by atomic mass is 16.6. The van der Waals surface area contributed by atoms with Crippen molar-refractivity contribution in [2.45, 2.75) is 5.41 Å². The maximum Gasteiger partial charge on any atom is 0.170 e. The van der Waals surface area contributed by atoms with E-state index < -0.39 is 5.41 Å². The highest BCUT2D eigenvalue weighted by Gasteiger charge is 2.47. The fourth-order valence-corrected chi connectivity index (χ4v) is 10.9. The van der Waals surface area contributed by atoms with E-state index in [4.69, 9.17) is 9.47 Å². The molecule has 11 aromatic carbocycles. The topological polar surface area (TPSA) is 21.7 Å². The van der Waals surface area contributed by atoms with E-state index in [9.17, 15) is 0 Å². The van der Waals surface area contributed by atoms with Crippen LogP contribution in [0.15, 0.2) is 273 Å². The molecular formula is C67H45NO2. The summed E-state index contributed by atoms with van der Waals surface area (Å²) in [5.41, 5.74) is 18.7. The monoisotopic (exact) mass is 895 g/mol. The Morgan fingerprint density at radius 2 is 0.743 bits per heavy atom. The molecule has 0 bridgehead atoms. The Morgan fingerprint density at radius 3 is 1.39 bits per heavy atom. The van der Waals surface area contributed by atoms with Crippen LogP contribution in [-0.4, -0.2) is 0 Å². The zero-order chi connectivity index (χ0) is 46.4. The van der Waals surface area contributed by atoms with Crippen molar-refractivity contribution >= 4 is 17.1 Å². The molecule has 330 valence electrons. The summed E-state index contributed by atoms with van der Waals surface area (Å²) in [5, 5.41) is 0. The molecule has 2 aliphatic rings. The van der Waals surface area contributed by atoms with Gasteiger partial charge in [0.25, 0.3) is 0 Å². The zero-order valence-corrected chi connectivity index (χ0v) is 38.2. The third-order valence-electron chi connectivity index (χ3n) is 14.0. The number of hydrogen-bond donors (Lipinski definition) is 0. The largest absolute Gasteiger partial charge is 0.449 e. The van der Waals surface area contributed by atoms with Gasteiger partial charge in [0.1, 0.15) is 0 Å². The number of benzene rings is 11. The van der Waals surface area contributed by atoms with Crippen LogP contribution in [-0.2, 0) is 5.41 Å². The first kappa shape index (κ1) is 41.0. The van der Waals surface area contributed by atoms with Crippen molar-refractivity contribution in [1.82, 2.24) is 0 Å². The third kappa shape index (κ3) is 6.90. The standard InChI is InChI=1S/C67H45NO2/c1-6-22-46(23-7-1)49-40-50(47-24-8-2-9-25-47)42-54(41-49)68(53-30-14-5-15-31-53)62-37-21-19-35-58(62)56-33-17-16-32-55(56)48-38-39-63-64(43-48)70-66-45-61-59(44-65(66)69-63)57-34-18-20-36-60(57)67(61,51-26-10-3-11-27-51)52-28-12-4-13-29-52/h1-45H. The minimum absolute atomic E-state index is 0.555. The number of ether oxygens (including phenoxy) is 2. The SMILES string of the molecule is c1ccc(-c2cc(-c3ccccc3)cc(N(c3ccccc3)c3ccccc3-c3ccccc3-c3ccc4c(c3)Oc3cc5c(cc3O4)-c3ccccc3C5(c3ccccc3)c3ccccc3)c2)cc1. The molecule has 0 spiro atoms. The zero-order valence-electron chi connectivity index (χ0n) is 38.2. The average molecular weight is 896 g/mol. The van der Waals surface area contributed by atoms with Gasteiger partial charge < -0.3 is 14.4 Å². The van der Waals surface area contributed by atoms with Gasteiger partial charge in [-0.25, -0.2) is 0 Å². The maximum atomic E-state index is 7.01. The van der Waals surface area contributed by atoms with Crippen molar-refractivity contribution in [2.24, 2.45) is 0 Å². The number of rotatable bonds is 9. The van der Waals surface area contributed by atoms with Crippen LogP contribution in [0.25, 0.3) is 55.6 Å². The van der Waals surface area contributed by atoms with Crippen LogP contribution in [0.5, 0.6) is 23.0 Å². The van der Waals surface area contributed by atoms with E-state index >= 15 is 0 Å². The molecule has 0 fully saturated rings. The molecule has 0 saturated heterocycles. The number of para-hydroxylation sites is 2. The van der Waals surface area contributed by atoms with Crippen molar-refractivity contribution in [3.05, 3.63) is 295 Å². The van der Waals surface area contributed by atoms with Crippen LogP contribution < -0.4 is 14.4 Å². The first-order chi connectivity index (χ1) is 34.7. The van der Waals surface area contributed by atoms with Gasteiger partial charge in [-0.05, 0) is 133 Å². The van der Waals surface area contributed by atoms with Gasteiger partial charge in [-0.3, -0.25) is 0 Å². The minimum Gasteiger partial charge on any atom is -0.449 e. The number of anilines is 3. The molecule has 13 rings (SSSR count). The van der Waals surface area contributed by atoms with Gasteiger partial charge in [-0.1, -0.05) is 212 Å². The molecule has 0 amide bonds. The number of fused-ring (bicyclic) bond motifs is 5. The molecule has 3 nitrogen and oxygen atoms in total. The van der Waals surface area contributed by atoms with Crippen molar-refractivity contribution < 1.29 is 9.47 Å². The summed E-state index contributed by atoms with van der Waals surface area (Å²) in [4.78, 5) is 2.40. The van der Waals surface area contributed by atoms with Crippen LogP contribution in [0.3, 0.4) is 0 Å². The highest BCUT2D eigenvalue weighted by molar-refractivity contribution is 5.96. The van der Waals surface area contributed by atoms with Gasteiger partial charge in [0.05, 0.1) is 11.1 Å². The molecule has 70 heavy (non-hydrogen) atoms. The molecule has 1 heterocycles. The van der Waals surface area contributed by atoms with E-state index in [1.807, 2.05) is 6.07 Å². The van der Waals surface area contributed by atoms with Gasteiger partial charge in [0.2, 0.25) is 0 Å². The predicted molar refractivity (Wildman–Crippen MR) is 287 cm³/mol. The third-order valence-corrected chi connectivity index (χ3v) is 14.0. The second kappa shape index (κ2) is 17.2.